The molecule has 0 radical (unpaired) electrons. The molecule has 0 fully saturated rings. The number of hydrogen-bond donors (Lipinski definition) is 1. The Morgan fingerprint density at radius 3 is 2.45 bits per heavy atom. The van der Waals surface area contributed by atoms with Crippen LogP contribution in [0.5, 0.6) is 5.75 Å². The second kappa shape index (κ2) is 8.54. The Hall–Kier alpha value is -2.40. The molecule has 0 aliphatic heterocycles. The van der Waals surface area contributed by atoms with Gasteiger partial charge in [0.15, 0.2) is 11.2 Å². The second-order valence-corrected chi connectivity index (χ2v) is 9.61. The largest absolute Gasteiger partial charge is 0.481 e. The van der Waals surface area contributed by atoms with Gasteiger partial charge < -0.3 is 4.74 Å². The van der Waals surface area contributed by atoms with Crippen molar-refractivity contribution in [2.24, 2.45) is 0 Å². The van der Waals surface area contributed by atoms with Gasteiger partial charge in [-0.2, -0.15) is 0 Å². The first kappa shape index (κ1) is 21.3. The maximum Gasteiger partial charge on any atom is 0.266 e. The van der Waals surface area contributed by atoms with Crippen molar-refractivity contribution in [3.63, 3.8) is 0 Å². The van der Waals surface area contributed by atoms with Crippen LogP contribution in [0.4, 0.5) is 5.13 Å². The maximum absolute atomic E-state index is 12.6. The van der Waals surface area contributed by atoms with Crippen LogP contribution >= 0.6 is 11.3 Å². The molecule has 2 unspecified atom stereocenters. The Morgan fingerprint density at radius 2 is 1.83 bits per heavy atom. The summed E-state index contributed by atoms with van der Waals surface area (Å²) in [5.41, 5.74) is 3.53. The van der Waals surface area contributed by atoms with E-state index in [0.29, 0.717) is 16.8 Å². The van der Waals surface area contributed by atoms with Gasteiger partial charge in [-0.15, -0.1) is 0 Å². The van der Waals surface area contributed by atoms with Crippen LogP contribution in [0.2, 0.25) is 0 Å². The summed E-state index contributed by atoms with van der Waals surface area (Å²) in [4.78, 5) is 17.1. The van der Waals surface area contributed by atoms with E-state index in [2.05, 4.69) is 57.1 Å². The van der Waals surface area contributed by atoms with E-state index >= 15 is 0 Å². The van der Waals surface area contributed by atoms with Gasteiger partial charge in [0.1, 0.15) is 5.75 Å². The quantitative estimate of drug-likeness (QED) is 0.504. The van der Waals surface area contributed by atoms with Crippen LogP contribution < -0.4 is 10.1 Å². The molecule has 2 atom stereocenters. The van der Waals surface area contributed by atoms with E-state index in [0.717, 1.165) is 16.6 Å². The average Bonchev–Trinajstić information content (AvgIpc) is 3.08. The summed E-state index contributed by atoms with van der Waals surface area (Å²) in [6.07, 6.45) is 0.484. The molecule has 29 heavy (non-hydrogen) atoms. The van der Waals surface area contributed by atoms with Gasteiger partial charge in [-0.05, 0) is 60.1 Å². The first-order chi connectivity index (χ1) is 13.7. The number of anilines is 1. The number of nitrogens with one attached hydrogen (secondary N) is 1. The number of nitrogens with zero attached hydrogens (tertiary/aromatic N) is 1. The van der Waals surface area contributed by atoms with Crippen molar-refractivity contribution in [1.29, 1.82) is 0 Å². The Labute approximate surface area is 177 Å². The summed E-state index contributed by atoms with van der Waals surface area (Å²) in [5, 5.41) is 3.49. The first-order valence-corrected chi connectivity index (χ1v) is 11.0. The van der Waals surface area contributed by atoms with E-state index in [-0.39, 0.29) is 11.3 Å². The highest BCUT2D eigenvalue weighted by Gasteiger charge is 2.18. The molecule has 1 aromatic heterocycles. The molecule has 0 aliphatic rings. The number of rotatable bonds is 6. The molecule has 0 saturated carbocycles. The van der Waals surface area contributed by atoms with Crippen LogP contribution in [0.25, 0.3) is 10.2 Å². The van der Waals surface area contributed by atoms with Gasteiger partial charge in [-0.25, -0.2) is 4.98 Å². The van der Waals surface area contributed by atoms with Crippen LogP contribution in [-0.2, 0) is 10.2 Å². The van der Waals surface area contributed by atoms with Crippen LogP contribution in [0.1, 0.15) is 65.0 Å². The SMILES string of the molecule is CCC(C)c1ccc2nc(NC(=O)C(C)Oc3ccc(C(C)(C)C)cc3)sc2c1. The standard InChI is InChI=1S/C24H30N2O2S/c1-7-15(2)17-8-13-20-21(14-17)29-23(25-20)26-22(27)16(3)28-19-11-9-18(10-12-19)24(4,5)6/h8-16H,7H2,1-6H3,(H,25,26,27). The monoisotopic (exact) mass is 410 g/mol. The molecule has 0 spiro atoms. The van der Waals surface area contributed by atoms with E-state index < -0.39 is 6.10 Å². The van der Waals surface area contributed by atoms with Gasteiger partial charge in [0, 0.05) is 0 Å². The molecule has 0 saturated heterocycles. The van der Waals surface area contributed by atoms with Crippen molar-refractivity contribution in [1.82, 2.24) is 4.98 Å². The summed E-state index contributed by atoms with van der Waals surface area (Å²) in [7, 11) is 0. The number of carbonyl (C=O) groups excluding carboxylic acids is 1. The highest BCUT2D eigenvalue weighted by atomic mass is 32.1. The van der Waals surface area contributed by atoms with Gasteiger partial charge in [-0.1, -0.05) is 64.2 Å². The van der Waals surface area contributed by atoms with Gasteiger partial charge in [0.25, 0.3) is 5.91 Å². The molecule has 4 nitrogen and oxygen atoms in total. The Balaban J connectivity index is 1.66. The summed E-state index contributed by atoms with van der Waals surface area (Å²) >= 11 is 1.50. The smallest absolute Gasteiger partial charge is 0.266 e. The van der Waals surface area contributed by atoms with E-state index in [4.69, 9.17) is 4.74 Å². The third-order valence-corrected chi connectivity index (χ3v) is 6.16. The number of benzene rings is 2. The fraction of sp³-hybridized carbons (Fsp3) is 0.417. The first-order valence-electron chi connectivity index (χ1n) is 10.2. The summed E-state index contributed by atoms with van der Waals surface area (Å²) in [6, 6.07) is 14.2. The Kier molecular flexibility index (Phi) is 6.27. The zero-order valence-electron chi connectivity index (χ0n) is 18.1. The fourth-order valence-corrected chi connectivity index (χ4v) is 3.95. The highest BCUT2D eigenvalue weighted by molar-refractivity contribution is 7.22. The molecule has 1 N–H and O–H groups in total. The molecule has 3 aromatic rings. The number of hydrogen-bond acceptors (Lipinski definition) is 4. The summed E-state index contributed by atoms with van der Waals surface area (Å²) in [6.45, 7) is 12.7. The van der Waals surface area contributed by atoms with Crippen LogP contribution in [0.15, 0.2) is 42.5 Å². The molecule has 154 valence electrons. The number of fused-ring (bicyclic) bond motifs is 1. The van der Waals surface area contributed by atoms with E-state index in [1.165, 1.54) is 22.5 Å². The van der Waals surface area contributed by atoms with Crippen LogP contribution in [0.3, 0.4) is 0 Å². The van der Waals surface area contributed by atoms with Crippen molar-refractivity contribution < 1.29 is 9.53 Å². The summed E-state index contributed by atoms with van der Waals surface area (Å²) < 4.78 is 6.91. The average molecular weight is 411 g/mol. The van der Waals surface area contributed by atoms with Crippen LogP contribution in [-0.4, -0.2) is 17.0 Å². The zero-order valence-corrected chi connectivity index (χ0v) is 18.9. The van der Waals surface area contributed by atoms with Crippen molar-refractivity contribution in [2.45, 2.75) is 65.4 Å². The van der Waals surface area contributed by atoms with Crippen LogP contribution in [0, 0.1) is 0 Å². The number of thiazole rings is 1. The van der Waals surface area contributed by atoms with Gasteiger partial charge >= 0.3 is 0 Å². The molecular formula is C24H30N2O2S. The lowest BCUT2D eigenvalue weighted by Gasteiger charge is -2.20. The van der Waals surface area contributed by atoms with Gasteiger partial charge in [0.2, 0.25) is 0 Å². The van der Waals surface area contributed by atoms with Gasteiger partial charge in [-0.3, -0.25) is 10.1 Å². The fourth-order valence-electron chi connectivity index (χ4n) is 3.04. The lowest BCUT2D eigenvalue weighted by molar-refractivity contribution is -0.122. The topological polar surface area (TPSA) is 51.2 Å². The number of carbonyl (C=O) groups is 1. The number of amides is 1. The molecule has 5 heteroatoms. The lowest BCUT2D eigenvalue weighted by Crippen LogP contribution is -2.30. The lowest BCUT2D eigenvalue weighted by atomic mass is 9.87. The minimum atomic E-state index is -0.613. The van der Waals surface area contributed by atoms with Crippen molar-refractivity contribution in [3.8, 4) is 5.75 Å². The number of aromatic nitrogens is 1. The predicted octanol–water partition coefficient (Wildman–Crippen LogP) is 6.51. The third-order valence-electron chi connectivity index (χ3n) is 5.23. The van der Waals surface area contributed by atoms with E-state index in [9.17, 15) is 4.79 Å². The predicted molar refractivity (Wildman–Crippen MR) is 122 cm³/mol. The molecule has 1 amide bonds. The Morgan fingerprint density at radius 1 is 1.14 bits per heavy atom. The zero-order chi connectivity index (χ0) is 21.2. The minimum absolute atomic E-state index is 0.0865. The number of ether oxygens (including phenoxy) is 1. The Bertz CT molecular complexity index is 986. The molecular weight excluding hydrogens is 380 g/mol. The highest BCUT2D eigenvalue weighted by Crippen LogP contribution is 2.30. The van der Waals surface area contributed by atoms with Crippen molar-refractivity contribution in [2.75, 3.05) is 5.32 Å². The third kappa shape index (κ3) is 5.15. The van der Waals surface area contributed by atoms with E-state index in [1.54, 1.807) is 6.92 Å². The van der Waals surface area contributed by atoms with Crippen molar-refractivity contribution >= 4 is 32.6 Å². The maximum atomic E-state index is 12.6. The van der Waals surface area contributed by atoms with Crippen molar-refractivity contribution in [3.05, 3.63) is 53.6 Å². The normalized spacial score (nSPS) is 13.9. The molecule has 0 aliphatic carbocycles. The minimum Gasteiger partial charge on any atom is -0.481 e. The molecule has 2 aromatic carbocycles. The molecule has 3 rings (SSSR count). The second-order valence-electron chi connectivity index (χ2n) is 8.58. The van der Waals surface area contributed by atoms with E-state index in [1.807, 2.05) is 30.3 Å². The summed E-state index contributed by atoms with van der Waals surface area (Å²) in [5.74, 6) is 0.992. The molecule has 1 heterocycles. The van der Waals surface area contributed by atoms with Gasteiger partial charge in [0.05, 0.1) is 10.2 Å². The molecule has 0 bridgehead atoms.